The minimum absolute atomic E-state index is 0.394. The van der Waals surface area contributed by atoms with E-state index in [9.17, 15) is 4.79 Å². The Labute approximate surface area is 98.6 Å². The maximum Gasteiger partial charge on any atom is 0.223 e. The van der Waals surface area contributed by atoms with Crippen molar-refractivity contribution in [2.75, 3.05) is 13.1 Å². The topological polar surface area (TPSA) is 32.3 Å². The minimum Gasteiger partial charge on any atom is -0.337 e. The van der Waals surface area contributed by atoms with Gasteiger partial charge < -0.3 is 10.2 Å². The third kappa shape index (κ3) is 2.40. The van der Waals surface area contributed by atoms with Gasteiger partial charge in [-0.25, -0.2) is 0 Å². The molecule has 0 saturated carbocycles. The highest BCUT2D eigenvalue weighted by Crippen LogP contribution is 2.28. The fraction of sp³-hybridized carbons (Fsp3) is 0.923. The first-order valence-corrected chi connectivity index (χ1v) is 6.74. The summed E-state index contributed by atoms with van der Waals surface area (Å²) >= 11 is 0. The summed E-state index contributed by atoms with van der Waals surface area (Å²) in [5, 5.41) is 3.33. The van der Waals surface area contributed by atoms with E-state index in [0.717, 1.165) is 25.9 Å². The molecule has 3 nitrogen and oxygen atoms in total. The van der Waals surface area contributed by atoms with Crippen molar-refractivity contribution >= 4 is 5.91 Å². The summed E-state index contributed by atoms with van der Waals surface area (Å²) in [5.41, 5.74) is 0. The molecule has 0 radical (unpaired) electrons. The first kappa shape index (κ1) is 11.9. The van der Waals surface area contributed by atoms with Gasteiger partial charge in [-0.3, -0.25) is 4.79 Å². The molecule has 1 amide bonds. The van der Waals surface area contributed by atoms with E-state index < -0.39 is 0 Å². The molecule has 3 unspecified atom stereocenters. The van der Waals surface area contributed by atoms with Gasteiger partial charge >= 0.3 is 0 Å². The van der Waals surface area contributed by atoms with E-state index >= 15 is 0 Å². The Morgan fingerprint density at radius 1 is 1.38 bits per heavy atom. The number of carbonyl (C=O) groups is 1. The summed E-state index contributed by atoms with van der Waals surface area (Å²) in [6.07, 6.45) is 5.43. The highest BCUT2D eigenvalue weighted by atomic mass is 16.2. The lowest BCUT2D eigenvalue weighted by molar-refractivity contribution is -0.134. The summed E-state index contributed by atoms with van der Waals surface area (Å²) < 4.78 is 0. The van der Waals surface area contributed by atoms with Crippen molar-refractivity contribution in [2.24, 2.45) is 5.92 Å². The fourth-order valence-electron chi connectivity index (χ4n) is 3.16. The molecule has 2 heterocycles. The smallest absolute Gasteiger partial charge is 0.223 e. The molecule has 2 aliphatic heterocycles. The molecule has 3 atom stereocenters. The van der Waals surface area contributed by atoms with E-state index in [2.05, 4.69) is 24.1 Å². The summed E-state index contributed by atoms with van der Waals surface area (Å²) in [6.45, 7) is 6.51. The molecule has 0 aromatic carbocycles. The Bertz CT molecular complexity index is 248. The van der Waals surface area contributed by atoms with Crippen LogP contribution >= 0.6 is 0 Å². The monoisotopic (exact) mass is 224 g/mol. The molecule has 0 spiro atoms. The normalized spacial score (nSPS) is 34.6. The molecule has 1 N–H and O–H groups in total. The molecule has 2 fully saturated rings. The molecule has 16 heavy (non-hydrogen) atoms. The second kappa shape index (κ2) is 5.17. The molecule has 0 aromatic heterocycles. The van der Waals surface area contributed by atoms with Gasteiger partial charge in [0.25, 0.3) is 0 Å². The highest BCUT2D eigenvalue weighted by molar-refractivity contribution is 5.77. The van der Waals surface area contributed by atoms with Crippen LogP contribution in [0.15, 0.2) is 0 Å². The number of rotatable bonds is 3. The van der Waals surface area contributed by atoms with Crippen LogP contribution in [0.4, 0.5) is 0 Å². The largest absolute Gasteiger partial charge is 0.337 e. The average Bonchev–Trinajstić information content (AvgIpc) is 2.87. The molecule has 2 saturated heterocycles. The van der Waals surface area contributed by atoms with Gasteiger partial charge in [0.2, 0.25) is 5.91 Å². The van der Waals surface area contributed by atoms with Crippen molar-refractivity contribution in [3.63, 3.8) is 0 Å². The number of nitrogens with zero attached hydrogens (tertiary/aromatic N) is 1. The van der Waals surface area contributed by atoms with E-state index in [1.807, 2.05) is 0 Å². The van der Waals surface area contributed by atoms with E-state index in [1.54, 1.807) is 0 Å². The molecule has 2 aliphatic rings. The molecule has 0 bridgehead atoms. The second-order valence-corrected chi connectivity index (χ2v) is 5.35. The zero-order valence-corrected chi connectivity index (χ0v) is 10.5. The predicted molar refractivity (Wildman–Crippen MR) is 65.2 cm³/mol. The van der Waals surface area contributed by atoms with E-state index in [4.69, 9.17) is 0 Å². The molecule has 0 aliphatic carbocycles. The number of likely N-dealkylation sites (tertiary alicyclic amines) is 1. The van der Waals surface area contributed by atoms with Gasteiger partial charge in [-0.2, -0.15) is 0 Å². The third-order valence-corrected chi connectivity index (χ3v) is 4.17. The Balaban J connectivity index is 1.91. The van der Waals surface area contributed by atoms with Crippen LogP contribution in [0.5, 0.6) is 0 Å². The van der Waals surface area contributed by atoms with E-state index in [-0.39, 0.29) is 0 Å². The van der Waals surface area contributed by atoms with Gasteiger partial charge in [-0.1, -0.05) is 6.92 Å². The number of nitrogens with one attached hydrogen (secondary N) is 1. The molecule has 2 rings (SSSR count). The lowest BCUT2D eigenvalue weighted by Crippen LogP contribution is -2.40. The molecular formula is C13H24N2O. The van der Waals surface area contributed by atoms with Crippen molar-refractivity contribution in [1.82, 2.24) is 10.2 Å². The van der Waals surface area contributed by atoms with Crippen LogP contribution in [0.25, 0.3) is 0 Å². The summed E-state index contributed by atoms with van der Waals surface area (Å²) in [7, 11) is 0. The molecular weight excluding hydrogens is 200 g/mol. The minimum atomic E-state index is 0.394. The Morgan fingerprint density at radius 3 is 2.81 bits per heavy atom. The second-order valence-electron chi connectivity index (χ2n) is 5.35. The zero-order chi connectivity index (χ0) is 11.5. The summed E-state index contributed by atoms with van der Waals surface area (Å²) in [6, 6.07) is 0.976. The summed E-state index contributed by atoms with van der Waals surface area (Å²) in [5.74, 6) is 0.975. The highest BCUT2D eigenvalue weighted by Gasteiger charge is 2.34. The van der Waals surface area contributed by atoms with Crippen LogP contribution < -0.4 is 5.32 Å². The first-order chi connectivity index (χ1) is 7.72. The third-order valence-electron chi connectivity index (χ3n) is 4.17. The predicted octanol–water partition coefficient (Wildman–Crippen LogP) is 1.78. The Morgan fingerprint density at radius 2 is 2.19 bits per heavy atom. The van der Waals surface area contributed by atoms with Gasteiger partial charge in [-0.15, -0.1) is 0 Å². The van der Waals surface area contributed by atoms with Crippen LogP contribution in [0, 0.1) is 5.92 Å². The lowest BCUT2D eigenvalue weighted by atomic mass is 10.0. The van der Waals surface area contributed by atoms with E-state index in [1.165, 1.54) is 19.3 Å². The molecule has 0 aromatic rings. The number of hydrogen-bond donors (Lipinski definition) is 1. The van der Waals surface area contributed by atoms with E-state index in [0.29, 0.717) is 23.9 Å². The number of hydrogen-bond acceptors (Lipinski definition) is 2. The quantitative estimate of drug-likeness (QED) is 0.792. The number of amides is 1. The van der Waals surface area contributed by atoms with Crippen LogP contribution in [0.1, 0.15) is 46.0 Å². The van der Waals surface area contributed by atoms with Crippen LogP contribution in [-0.4, -0.2) is 36.0 Å². The van der Waals surface area contributed by atoms with Gasteiger partial charge in [-0.05, 0) is 51.6 Å². The SMILES string of the molecule is CCC1CCC(C)N1C(=O)CC1CCNC1. The van der Waals surface area contributed by atoms with Crippen molar-refractivity contribution in [2.45, 2.75) is 58.0 Å². The Kier molecular flexibility index (Phi) is 3.85. The number of carbonyl (C=O) groups excluding carboxylic acids is 1. The van der Waals surface area contributed by atoms with Gasteiger partial charge in [0.15, 0.2) is 0 Å². The van der Waals surface area contributed by atoms with Crippen molar-refractivity contribution < 1.29 is 4.79 Å². The molecule has 3 heteroatoms. The van der Waals surface area contributed by atoms with Gasteiger partial charge in [0.1, 0.15) is 0 Å². The molecule has 92 valence electrons. The average molecular weight is 224 g/mol. The van der Waals surface area contributed by atoms with Crippen LogP contribution in [0.2, 0.25) is 0 Å². The Hall–Kier alpha value is -0.570. The maximum atomic E-state index is 12.3. The van der Waals surface area contributed by atoms with Crippen LogP contribution in [-0.2, 0) is 4.79 Å². The summed E-state index contributed by atoms with van der Waals surface area (Å²) in [4.78, 5) is 14.4. The first-order valence-electron chi connectivity index (χ1n) is 6.74. The standard InChI is InChI=1S/C13H24N2O/c1-3-12-5-4-10(2)15(12)13(16)8-11-6-7-14-9-11/h10-12,14H,3-9H2,1-2H3. The van der Waals surface area contributed by atoms with Crippen molar-refractivity contribution in [1.29, 1.82) is 0 Å². The van der Waals surface area contributed by atoms with Crippen molar-refractivity contribution in [3.05, 3.63) is 0 Å². The fourth-order valence-corrected chi connectivity index (χ4v) is 3.16. The van der Waals surface area contributed by atoms with Gasteiger partial charge in [0, 0.05) is 18.5 Å². The maximum absolute atomic E-state index is 12.3. The van der Waals surface area contributed by atoms with Crippen LogP contribution in [0.3, 0.4) is 0 Å². The van der Waals surface area contributed by atoms with Gasteiger partial charge in [0.05, 0.1) is 0 Å². The zero-order valence-electron chi connectivity index (χ0n) is 10.5. The lowest BCUT2D eigenvalue weighted by Gasteiger charge is -2.29. The van der Waals surface area contributed by atoms with Crippen molar-refractivity contribution in [3.8, 4) is 0 Å².